The van der Waals surface area contributed by atoms with Gasteiger partial charge in [0.1, 0.15) is 48.8 Å². The third-order valence-corrected chi connectivity index (χ3v) is 2.99. The standard InChI is InChI=1S/2C6H12O7.Cu/c2*7-1-2(8)3(9)4(10)5(11)6(12)13;/h2*2-5,7-11H,1H2,(H,12,13);/q;;+2/p-2. The third-order valence-electron chi connectivity index (χ3n) is 2.99. The van der Waals surface area contributed by atoms with Crippen molar-refractivity contribution in [2.24, 2.45) is 0 Å². The van der Waals surface area contributed by atoms with Gasteiger partial charge in [-0.3, -0.25) is 0 Å². The van der Waals surface area contributed by atoms with Crippen LogP contribution in [0.25, 0.3) is 0 Å². The van der Waals surface area contributed by atoms with Gasteiger partial charge in [0.25, 0.3) is 0 Å². The predicted octanol–water partition coefficient (Wildman–Crippen LogP) is -9.66. The van der Waals surface area contributed by atoms with Crippen molar-refractivity contribution in [2.75, 3.05) is 13.2 Å². The van der Waals surface area contributed by atoms with Gasteiger partial charge >= 0.3 is 17.1 Å². The summed E-state index contributed by atoms with van der Waals surface area (Å²) in [5, 5.41) is 107. The molecule has 0 fully saturated rings. The first-order valence-electron chi connectivity index (χ1n) is 6.91. The number of hydrogen-bond donors (Lipinski definition) is 10. The van der Waals surface area contributed by atoms with E-state index in [0.717, 1.165) is 0 Å². The summed E-state index contributed by atoms with van der Waals surface area (Å²) in [6, 6.07) is 0. The topological polar surface area (TPSA) is 283 Å². The Morgan fingerprint density at radius 1 is 0.593 bits per heavy atom. The maximum absolute atomic E-state index is 9.98. The quantitative estimate of drug-likeness (QED) is 0.137. The Labute approximate surface area is 162 Å². The molecule has 0 bridgehead atoms. The fourth-order valence-corrected chi connectivity index (χ4v) is 1.32. The van der Waals surface area contributed by atoms with Gasteiger partial charge in [-0.05, 0) is 0 Å². The van der Waals surface area contributed by atoms with Crippen molar-refractivity contribution in [3.63, 3.8) is 0 Å². The van der Waals surface area contributed by atoms with E-state index in [0.29, 0.717) is 0 Å². The summed E-state index contributed by atoms with van der Waals surface area (Å²) in [5.74, 6) is -3.95. The fraction of sp³-hybridized carbons (Fsp3) is 0.833. The minimum Gasteiger partial charge on any atom is -0.547 e. The van der Waals surface area contributed by atoms with Gasteiger partial charge in [-0.1, -0.05) is 0 Å². The molecule has 14 nitrogen and oxygen atoms in total. The van der Waals surface area contributed by atoms with E-state index < -0.39 is 74.0 Å². The van der Waals surface area contributed by atoms with Gasteiger partial charge in [-0.2, -0.15) is 0 Å². The van der Waals surface area contributed by atoms with E-state index in [2.05, 4.69) is 0 Å². The van der Waals surface area contributed by atoms with Crippen LogP contribution in [0, 0.1) is 0 Å². The molecule has 1 radical (unpaired) electrons. The molecular formula is C12H22CuO14. The molecule has 27 heavy (non-hydrogen) atoms. The van der Waals surface area contributed by atoms with Crippen molar-refractivity contribution in [3.05, 3.63) is 0 Å². The van der Waals surface area contributed by atoms with Crippen molar-refractivity contribution in [3.8, 4) is 0 Å². The first-order valence-corrected chi connectivity index (χ1v) is 6.91. The summed E-state index contributed by atoms with van der Waals surface area (Å²) in [4.78, 5) is 20.0. The molecule has 0 heterocycles. The van der Waals surface area contributed by atoms with Crippen molar-refractivity contribution < 1.29 is 87.9 Å². The number of hydrogen-bond acceptors (Lipinski definition) is 14. The number of carboxylic acid groups (broad SMARTS) is 2. The molecule has 0 spiro atoms. The molecule has 0 aliphatic heterocycles. The number of aliphatic carboxylic acids is 2. The minimum atomic E-state index is -2.31. The number of aliphatic hydroxyl groups is 10. The second-order valence-electron chi connectivity index (χ2n) is 4.99. The second kappa shape index (κ2) is 15.0. The number of carbonyl (C=O) groups excluding carboxylic acids is 2. The Balaban J connectivity index is -0.000000411. The molecule has 8 atom stereocenters. The average molecular weight is 454 g/mol. The molecule has 15 heteroatoms. The first-order chi connectivity index (χ1) is 11.8. The molecule has 0 amide bonds. The fourth-order valence-electron chi connectivity index (χ4n) is 1.32. The van der Waals surface area contributed by atoms with Gasteiger partial charge in [0.05, 0.1) is 25.2 Å². The molecule has 0 saturated heterocycles. The molecule has 0 aromatic rings. The van der Waals surface area contributed by atoms with Crippen LogP contribution in [0.15, 0.2) is 0 Å². The van der Waals surface area contributed by atoms with Crippen LogP contribution in [-0.2, 0) is 26.7 Å². The Morgan fingerprint density at radius 3 is 0.963 bits per heavy atom. The van der Waals surface area contributed by atoms with Gasteiger partial charge in [0.2, 0.25) is 0 Å². The minimum absolute atomic E-state index is 0. The summed E-state index contributed by atoms with van der Waals surface area (Å²) in [6.07, 6.45) is -16.2. The maximum atomic E-state index is 9.98. The van der Waals surface area contributed by atoms with Gasteiger partial charge in [-0.15, -0.1) is 0 Å². The molecule has 0 aromatic heterocycles. The Kier molecular flexibility index (Phi) is 17.1. The number of carboxylic acids is 2. The summed E-state index contributed by atoms with van der Waals surface area (Å²) in [6.45, 7) is -1.73. The van der Waals surface area contributed by atoms with Crippen molar-refractivity contribution in [2.45, 2.75) is 48.8 Å². The van der Waals surface area contributed by atoms with Crippen LogP contribution in [0.4, 0.5) is 0 Å². The van der Waals surface area contributed by atoms with Gasteiger partial charge < -0.3 is 70.9 Å². The van der Waals surface area contributed by atoms with Crippen LogP contribution in [0.1, 0.15) is 0 Å². The molecule has 0 aromatic carbocycles. The molecule has 0 rings (SSSR count). The molecule has 0 saturated carbocycles. The van der Waals surface area contributed by atoms with Crippen LogP contribution in [0.5, 0.6) is 0 Å². The molecule has 0 aliphatic rings. The van der Waals surface area contributed by atoms with Crippen molar-refractivity contribution in [1.82, 2.24) is 0 Å². The summed E-state index contributed by atoms with van der Waals surface area (Å²) in [5.41, 5.74) is 0. The Morgan fingerprint density at radius 2 is 0.815 bits per heavy atom. The maximum Gasteiger partial charge on any atom is 2.00 e. The number of aliphatic hydroxyl groups excluding tert-OH is 10. The summed E-state index contributed by atoms with van der Waals surface area (Å²) in [7, 11) is 0. The Hall–Kier alpha value is -0.941. The normalized spacial score (nSPS) is 19.6. The average Bonchev–Trinajstić information content (AvgIpc) is 2.62. The van der Waals surface area contributed by atoms with E-state index in [1.807, 2.05) is 0 Å². The van der Waals surface area contributed by atoms with Crippen LogP contribution in [-0.4, -0.2) is 125 Å². The second-order valence-corrected chi connectivity index (χ2v) is 4.99. The van der Waals surface area contributed by atoms with E-state index >= 15 is 0 Å². The van der Waals surface area contributed by atoms with E-state index in [1.165, 1.54) is 0 Å². The molecule has 165 valence electrons. The molecular weight excluding hydrogens is 432 g/mol. The van der Waals surface area contributed by atoms with Crippen LogP contribution < -0.4 is 10.2 Å². The molecule has 10 N–H and O–H groups in total. The van der Waals surface area contributed by atoms with E-state index in [9.17, 15) is 19.8 Å². The van der Waals surface area contributed by atoms with Gasteiger partial charge in [-0.25, -0.2) is 0 Å². The predicted molar refractivity (Wildman–Crippen MR) is 72.2 cm³/mol. The van der Waals surface area contributed by atoms with E-state index in [4.69, 9.17) is 51.1 Å². The number of rotatable bonds is 10. The summed E-state index contributed by atoms with van der Waals surface area (Å²) >= 11 is 0. The number of carbonyl (C=O) groups is 2. The largest absolute Gasteiger partial charge is 2.00 e. The van der Waals surface area contributed by atoms with Crippen LogP contribution in [0.2, 0.25) is 0 Å². The monoisotopic (exact) mass is 453 g/mol. The third kappa shape index (κ3) is 10.8. The zero-order chi connectivity index (χ0) is 21.2. The van der Waals surface area contributed by atoms with Gasteiger partial charge in [0, 0.05) is 0 Å². The van der Waals surface area contributed by atoms with Crippen LogP contribution >= 0.6 is 0 Å². The smallest absolute Gasteiger partial charge is 0.547 e. The van der Waals surface area contributed by atoms with E-state index in [1.54, 1.807) is 0 Å². The molecule has 0 aliphatic carbocycles. The van der Waals surface area contributed by atoms with Crippen molar-refractivity contribution >= 4 is 11.9 Å². The first kappa shape index (κ1) is 30.8. The van der Waals surface area contributed by atoms with Crippen LogP contribution in [0.3, 0.4) is 0 Å². The van der Waals surface area contributed by atoms with Crippen molar-refractivity contribution in [1.29, 1.82) is 0 Å². The molecule has 8 unspecified atom stereocenters. The zero-order valence-electron chi connectivity index (χ0n) is 13.4. The SMILES string of the molecule is O=C([O-])C(O)C(O)C(O)C(O)CO.O=C([O-])C(O)C(O)C(O)C(O)CO.[Cu+2]. The van der Waals surface area contributed by atoms with Gasteiger partial charge in [0.15, 0.2) is 0 Å². The Bertz CT molecular complexity index is 385. The zero-order valence-corrected chi connectivity index (χ0v) is 14.4. The van der Waals surface area contributed by atoms with E-state index in [-0.39, 0.29) is 17.1 Å². The summed E-state index contributed by atoms with van der Waals surface area (Å²) < 4.78 is 0.